The number of aliphatic hydroxyl groups excluding tert-OH is 2. The molecule has 0 saturated heterocycles. The molecule has 3 rings (SSSR count). The van der Waals surface area contributed by atoms with Gasteiger partial charge in [0, 0.05) is 21.8 Å². The van der Waals surface area contributed by atoms with Crippen molar-refractivity contribution in [1.82, 2.24) is 10.3 Å². The van der Waals surface area contributed by atoms with E-state index in [1.807, 2.05) is 0 Å². The van der Waals surface area contributed by atoms with E-state index < -0.39 is 5.54 Å². The molecule has 0 fully saturated rings. The van der Waals surface area contributed by atoms with Crippen LogP contribution in [0.1, 0.15) is 31.2 Å². The smallest absolute Gasteiger partial charge is 0.194 e. The Morgan fingerprint density at radius 2 is 1.60 bits per heavy atom. The zero-order chi connectivity index (χ0) is 21.4. The highest BCUT2D eigenvalue weighted by atomic mass is 32.2. The fourth-order valence-corrected chi connectivity index (χ4v) is 4.02. The second-order valence-electron chi connectivity index (χ2n) is 7.49. The number of aromatic nitrogens is 1. The van der Waals surface area contributed by atoms with E-state index in [1.165, 1.54) is 15.4 Å². The molecule has 3 N–H and O–H groups in total. The molecule has 0 aliphatic carbocycles. The number of aliphatic hydroxyl groups is 2. The first-order valence-corrected chi connectivity index (χ1v) is 11.2. The minimum atomic E-state index is -0.629. The molecule has 2 aromatic carbocycles. The Bertz CT molecular complexity index is 895. The third-order valence-corrected chi connectivity index (χ3v) is 6.37. The molecule has 0 spiro atoms. The first kappa shape index (κ1) is 22.6. The van der Waals surface area contributed by atoms with Crippen LogP contribution in [-0.2, 0) is 12.8 Å². The van der Waals surface area contributed by atoms with Crippen molar-refractivity contribution in [2.24, 2.45) is 0 Å². The zero-order valence-corrected chi connectivity index (χ0v) is 18.4. The van der Waals surface area contributed by atoms with Gasteiger partial charge in [-0.2, -0.15) is 0 Å². The molecule has 160 valence electrons. The van der Waals surface area contributed by atoms with Crippen LogP contribution in [0.15, 0.2) is 69.0 Å². The molecule has 6 heteroatoms. The van der Waals surface area contributed by atoms with Gasteiger partial charge in [-0.05, 0) is 56.1 Å². The van der Waals surface area contributed by atoms with Gasteiger partial charge in [-0.25, -0.2) is 4.98 Å². The van der Waals surface area contributed by atoms with Crippen LogP contribution in [0.5, 0.6) is 0 Å². The van der Waals surface area contributed by atoms with E-state index in [2.05, 4.69) is 65.8 Å². The largest absolute Gasteiger partial charge is 0.448 e. The molecule has 0 aliphatic heterocycles. The number of hydrogen-bond donors (Lipinski definition) is 3. The number of hydrogen-bond acceptors (Lipinski definition) is 6. The summed E-state index contributed by atoms with van der Waals surface area (Å²) in [7, 11) is 1.77. The summed E-state index contributed by atoms with van der Waals surface area (Å²) in [5.41, 5.74) is 2.49. The van der Waals surface area contributed by atoms with Crippen LogP contribution in [0, 0.1) is 0 Å². The van der Waals surface area contributed by atoms with E-state index in [-0.39, 0.29) is 13.2 Å². The lowest BCUT2D eigenvalue weighted by Crippen LogP contribution is -2.50. The average molecular weight is 427 g/mol. The molecule has 0 saturated carbocycles. The lowest BCUT2D eigenvalue weighted by atomic mass is 9.93. The fraction of sp³-hybridized carbons (Fsp3) is 0.375. The van der Waals surface area contributed by atoms with Gasteiger partial charge in [0.25, 0.3) is 0 Å². The quantitative estimate of drug-likeness (QED) is 0.424. The summed E-state index contributed by atoms with van der Waals surface area (Å²) in [6.07, 6.45) is 5.07. The summed E-state index contributed by atoms with van der Waals surface area (Å²) in [6, 6.07) is 16.8. The van der Waals surface area contributed by atoms with Crippen LogP contribution in [0.4, 0.5) is 0 Å². The molecule has 5 nitrogen and oxygen atoms in total. The minimum Gasteiger partial charge on any atom is -0.448 e. The first-order valence-electron chi connectivity index (χ1n) is 10.3. The van der Waals surface area contributed by atoms with Crippen molar-refractivity contribution in [3.8, 4) is 11.3 Å². The molecule has 3 aromatic rings. The van der Waals surface area contributed by atoms with Crippen LogP contribution in [0.25, 0.3) is 11.3 Å². The van der Waals surface area contributed by atoms with Crippen LogP contribution < -0.4 is 5.32 Å². The normalized spacial score (nSPS) is 11.7. The van der Waals surface area contributed by atoms with Crippen molar-refractivity contribution >= 4 is 11.8 Å². The second kappa shape index (κ2) is 10.8. The summed E-state index contributed by atoms with van der Waals surface area (Å²) in [5, 5.41) is 22.1. The van der Waals surface area contributed by atoms with E-state index in [0.717, 1.165) is 36.4 Å². The molecule has 1 heterocycles. The highest BCUT2D eigenvalue weighted by Crippen LogP contribution is 2.30. The van der Waals surface area contributed by atoms with E-state index >= 15 is 0 Å². The molecule has 0 amide bonds. The Hall–Kier alpha value is -2.12. The molecular weight excluding hydrogens is 396 g/mol. The maximum atomic E-state index is 9.55. The van der Waals surface area contributed by atoms with Crippen molar-refractivity contribution in [2.45, 2.75) is 47.9 Å². The van der Waals surface area contributed by atoms with Gasteiger partial charge in [0.15, 0.2) is 5.89 Å². The molecule has 0 unspecified atom stereocenters. The zero-order valence-electron chi connectivity index (χ0n) is 17.6. The summed E-state index contributed by atoms with van der Waals surface area (Å²) < 4.78 is 5.51. The van der Waals surface area contributed by atoms with E-state index in [0.29, 0.717) is 6.42 Å². The van der Waals surface area contributed by atoms with Crippen molar-refractivity contribution < 1.29 is 14.6 Å². The first-order chi connectivity index (χ1) is 14.6. The van der Waals surface area contributed by atoms with Crippen LogP contribution in [-0.4, -0.2) is 41.0 Å². The number of nitrogens with zero attached hydrogens (tertiary/aromatic N) is 1. The number of rotatable bonds is 11. The molecule has 1 aromatic heterocycles. The Morgan fingerprint density at radius 3 is 2.17 bits per heavy atom. The van der Waals surface area contributed by atoms with Crippen molar-refractivity contribution in [1.29, 1.82) is 0 Å². The third-order valence-electron chi connectivity index (χ3n) is 5.35. The predicted octanol–water partition coefficient (Wildman–Crippen LogP) is 4.32. The van der Waals surface area contributed by atoms with Crippen LogP contribution >= 0.6 is 11.8 Å². The topological polar surface area (TPSA) is 78.5 Å². The lowest BCUT2D eigenvalue weighted by molar-refractivity contribution is 0.0906. The van der Waals surface area contributed by atoms with Crippen molar-refractivity contribution in [3.63, 3.8) is 0 Å². The van der Waals surface area contributed by atoms with Gasteiger partial charge < -0.3 is 19.9 Å². The number of likely N-dealkylation sites (N-methyl/N-ethyl adjacent to an activating group) is 1. The third kappa shape index (κ3) is 5.73. The van der Waals surface area contributed by atoms with Gasteiger partial charge in [-0.1, -0.05) is 43.0 Å². The monoisotopic (exact) mass is 426 g/mol. The van der Waals surface area contributed by atoms with Gasteiger partial charge in [-0.15, -0.1) is 0 Å². The van der Waals surface area contributed by atoms with Crippen LogP contribution in [0.3, 0.4) is 0 Å². The number of oxazole rings is 1. The average Bonchev–Trinajstić information content (AvgIpc) is 3.26. The molecule has 0 atom stereocenters. The molecular formula is C24H30N2O3S. The minimum absolute atomic E-state index is 0.0851. The molecule has 0 radical (unpaired) electrons. The van der Waals surface area contributed by atoms with Gasteiger partial charge in [0.1, 0.15) is 12.0 Å². The number of aryl methyl sites for hydroxylation is 2. The van der Waals surface area contributed by atoms with E-state index in [1.54, 1.807) is 25.1 Å². The predicted molar refractivity (Wildman–Crippen MR) is 121 cm³/mol. The summed E-state index contributed by atoms with van der Waals surface area (Å²) in [6.45, 7) is 1.94. The van der Waals surface area contributed by atoms with Gasteiger partial charge >= 0.3 is 0 Å². The van der Waals surface area contributed by atoms with Crippen molar-refractivity contribution in [2.75, 3.05) is 20.3 Å². The molecule has 0 aliphatic rings. The van der Waals surface area contributed by atoms with Gasteiger partial charge in [0.2, 0.25) is 0 Å². The Morgan fingerprint density at radius 1 is 0.967 bits per heavy atom. The Labute approximate surface area is 182 Å². The highest BCUT2D eigenvalue weighted by molar-refractivity contribution is 7.99. The molecule has 0 bridgehead atoms. The Kier molecular flexibility index (Phi) is 8.10. The van der Waals surface area contributed by atoms with Crippen molar-refractivity contribution in [3.05, 3.63) is 66.2 Å². The number of benzene rings is 2. The highest BCUT2D eigenvalue weighted by Gasteiger charge is 2.25. The Balaban J connectivity index is 1.58. The maximum Gasteiger partial charge on any atom is 0.194 e. The fourth-order valence-electron chi connectivity index (χ4n) is 3.20. The van der Waals surface area contributed by atoms with E-state index in [9.17, 15) is 10.2 Å². The lowest BCUT2D eigenvalue weighted by Gasteiger charge is -2.29. The standard InChI is InChI=1S/C24H30N2O3S/c1-3-4-23-26-22(15-29-23)19-7-11-21(12-8-19)30-20-9-5-18(6-10-20)13-14-24(16-27,17-28)25-2/h5-12,15,25,27-28H,3-4,13-14,16-17H2,1-2H3. The van der Waals surface area contributed by atoms with Gasteiger partial charge in [-0.3, -0.25) is 0 Å². The second-order valence-corrected chi connectivity index (χ2v) is 8.64. The SMILES string of the molecule is CCCc1nc(-c2ccc(Sc3ccc(CCC(CO)(CO)NC)cc3)cc2)co1. The number of nitrogens with one attached hydrogen (secondary N) is 1. The van der Waals surface area contributed by atoms with Crippen LogP contribution in [0.2, 0.25) is 0 Å². The summed E-state index contributed by atoms with van der Waals surface area (Å²) >= 11 is 1.71. The van der Waals surface area contributed by atoms with Gasteiger partial charge in [0.05, 0.1) is 18.8 Å². The molecule has 30 heavy (non-hydrogen) atoms. The maximum absolute atomic E-state index is 9.55. The van der Waals surface area contributed by atoms with E-state index in [4.69, 9.17) is 4.42 Å². The summed E-state index contributed by atoms with van der Waals surface area (Å²) in [5.74, 6) is 0.788. The summed E-state index contributed by atoms with van der Waals surface area (Å²) in [4.78, 5) is 6.87.